The summed E-state index contributed by atoms with van der Waals surface area (Å²) in [6.45, 7) is 1.91. The van der Waals surface area contributed by atoms with E-state index in [1.165, 1.54) is 83.5 Å². The van der Waals surface area contributed by atoms with Gasteiger partial charge in [-0.15, -0.1) is 0 Å². The molecule has 0 aromatic carbocycles. The first-order chi connectivity index (χ1) is 20.6. The van der Waals surface area contributed by atoms with E-state index in [1.54, 1.807) is 6.92 Å². The highest BCUT2D eigenvalue weighted by atomic mass is 31.2. The maximum atomic E-state index is 12.2. The number of aliphatic carboxylic acids is 1. The third-order valence-corrected chi connectivity index (χ3v) is 7.81. The molecule has 0 aromatic heterocycles. The average Bonchev–Trinajstić information content (AvgIpc) is 2.97. The lowest BCUT2D eigenvalue weighted by atomic mass is 10.1. The van der Waals surface area contributed by atoms with E-state index in [1.807, 2.05) is 0 Å². The molecule has 0 radical (unpaired) electrons. The summed E-state index contributed by atoms with van der Waals surface area (Å²) in [5, 5.41) is 21.3. The molecule has 12 heteroatoms. The topological polar surface area (TPSA) is 169 Å². The summed E-state index contributed by atoms with van der Waals surface area (Å²) >= 11 is 0. The summed E-state index contributed by atoms with van der Waals surface area (Å²) in [5.74, 6) is -2.47. The molecule has 0 aliphatic heterocycles. The largest absolute Gasteiger partial charge is 0.480 e. The predicted octanol–water partition coefficient (Wildman–Crippen LogP) is 6.60. The van der Waals surface area contributed by atoms with Crippen molar-refractivity contribution in [3.63, 3.8) is 0 Å². The molecule has 252 valence electrons. The Hall–Kier alpha value is -1.78. The molecule has 0 rings (SSSR count). The van der Waals surface area contributed by atoms with E-state index in [9.17, 15) is 34.1 Å². The van der Waals surface area contributed by atoms with E-state index in [2.05, 4.69) is 38.2 Å². The van der Waals surface area contributed by atoms with E-state index < -0.39 is 57.6 Å². The van der Waals surface area contributed by atoms with Gasteiger partial charge in [0.25, 0.3) is 0 Å². The number of aliphatic hydroxyl groups is 1. The van der Waals surface area contributed by atoms with Gasteiger partial charge in [0, 0.05) is 12.8 Å². The fraction of sp³-hybridized carbons (Fsp3) is 0.839. The van der Waals surface area contributed by atoms with Crippen LogP contribution >= 0.6 is 7.82 Å². The number of carbonyl (C=O) groups excluding carboxylic acids is 2. The molecular formula is C31H58NO10P. The van der Waals surface area contributed by atoms with E-state index in [0.29, 0.717) is 6.42 Å². The molecule has 0 heterocycles. The first kappa shape index (κ1) is 41.2. The first-order valence-corrected chi connectivity index (χ1v) is 17.7. The number of allylic oxidation sites excluding steroid dienone is 2. The lowest BCUT2D eigenvalue weighted by Gasteiger charge is -2.18. The number of hydrogen-bond acceptors (Lipinski definition) is 8. The number of carboxylic acid groups (broad SMARTS) is 1. The average molecular weight is 636 g/mol. The van der Waals surface area contributed by atoms with Crippen LogP contribution < -0.4 is 5.32 Å². The first-order valence-electron chi connectivity index (χ1n) is 16.2. The number of esters is 1. The molecule has 11 nitrogen and oxygen atoms in total. The van der Waals surface area contributed by atoms with Crippen molar-refractivity contribution in [3.8, 4) is 0 Å². The van der Waals surface area contributed by atoms with Crippen LogP contribution in [-0.4, -0.2) is 64.9 Å². The second-order valence-electron chi connectivity index (χ2n) is 11.0. The van der Waals surface area contributed by atoms with Crippen molar-refractivity contribution in [2.45, 2.75) is 148 Å². The van der Waals surface area contributed by atoms with Crippen LogP contribution in [0.1, 0.15) is 136 Å². The number of ether oxygens (including phenoxy) is 1. The van der Waals surface area contributed by atoms with Crippen molar-refractivity contribution < 1.29 is 47.8 Å². The van der Waals surface area contributed by atoms with Crippen molar-refractivity contribution >= 4 is 25.7 Å². The summed E-state index contributed by atoms with van der Waals surface area (Å²) in [5.41, 5.74) is 0. The Labute approximate surface area is 258 Å². The van der Waals surface area contributed by atoms with Crippen LogP contribution in [0.5, 0.6) is 0 Å². The van der Waals surface area contributed by atoms with Crippen molar-refractivity contribution in [2.75, 3.05) is 19.8 Å². The zero-order valence-corrected chi connectivity index (χ0v) is 27.4. The van der Waals surface area contributed by atoms with Crippen LogP contribution in [0, 0.1) is 0 Å². The Morgan fingerprint density at radius 3 is 1.74 bits per heavy atom. The minimum Gasteiger partial charge on any atom is -0.480 e. The van der Waals surface area contributed by atoms with Crippen LogP contribution in [0.25, 0.3) is 0 Å². The van der Waals surface area contributed by atoms with Gasteiger partial charge in [0.2, 0.25) is 5.91 Å². The predicted molar refractivity (Wildman–Crippen MR) is 166 cm³/mol. The van der Waals surface area contributed by atoms with Crippen LogP contribution in [0.15, 0.2) is 12.2 Å². The zero-order valence-electron chi connectivity index (χ0n) is 26.5. The second-order valence-corrected chi connectivity index (χ2v) is 12.4. The SMILES string of the molecule is CCCCCCCC/C=C/CCCCCCCCCCCC(=O)NC(COP(=O)(O)OCC(O)COC(=O)CC)C(=O)O. The van der Waals surface area contributed by atoms with Crippen molar-refractivity contribution in [1.29, 1.82) is 0 Å². The van der Waals surface area contributed by atoms with Crippen molar-refractivity contribution in [1.82, 2.24) is 5.32 Å². The summed E-state index contributed by atoms with van der Waals surface area (Å²) in [7, 11) is -4.71. The highest BCUT2D eigenvalue weighted by molar-refractivity contribution is 7.47. The summed E-state index contributed by atoms with van der Waals surface area (Å²) in [4.78, 5) is 44.4. The number of phosphoric acid groups is 1. The molecule has 3 unspecified atom stereocenters. The summed E-state index contributed by atoms with van der Waals surface area (Å²) in [6.07, 6.45) is 23.7. The molecule has 0 saturated carbocycles. The third kappa shape index (κ3) is 27.5. The molecule has 43 heavy (non-hydrogen) atoms. The minimum absolute atomic E-state index is 0.107. The Morgan fingerprint density at radius 1 is 0.744 bits per heavy atom. The van der Waals surface area contributed by atoms with Crippen molar-refractivity contribution in [3.05, 3.63) is 12.2 Å². The number of phosphoric ester groups is 1. The van der Waals surface area contributed by atoms with Crippen LogP contribution in [0.4, 0.5) is 0 Å². The third-order valence-electron chi connectivity index (χ3n) is 6.86. The molecule has 0 spiro atoms. The number of rotatable bonds is 30. The standard InChI is InChI=1S/C31H58NO10P/c1-3-5-6-7-8-9-10-11-12-13-14-15-16-17-18-19-20-21-22-23-29(34)32-28(31(36)37)26-42-43(38,39)41-25-27(33)24-40-30(35)4-2/h11-12,27-28,33H,3-10,13-26H2,1-2H3,(H,32,34)(H,36,37)(H,38,39)/b12-11+. The molecule has 4 N–H and O–H groups in total. The zero-order chi connectivity index (χ0) is 32.2. The number of carboxylic acids is 1. The molecule has 0 aromatic rings. The summed E-state index contributed by atoms with van der Waals surface area (Å²) < 4.78 is 25.9. The molecule has 0 aliphatic rings. The Bertz CT molecular complexity index is 807. The van der Waals surface area contributed by atoms with Gasteiger partial charge in [-0.1, -0.05) is 103 Å². The van der Waals surface area contributed by atoms with Crippen molar-refractivity contribution in [2.24, 2.45) is 0 Å². The van der Waals surface area contributed by atoms with Gasteiger partial charge in [-0.25, -0.2) is 9.36 Å². The van der Waals surface area contributed by atoms with Gasteiger partial charge in [-0.2, -0.15) is 0 Å². The molecule has 3 atom stereocenters. The van der Waals surface area contributed by atoms with Gasteiger partial charge in [0.1, 0.15) is 12.7 Å². The number of unbranched alkanes of at least 4 members (excludes halogenated alkanes) is 15. The maximum absolute atomic E-state index is 12.2. The Balaban J connectivity index is 3.84. The number of amides is 1. The Morgan fingerprint density at radius 2 is 1.23 bits per heavy atom. The smallest absolute Gasteiger partial charge is 0.472 e. The van der Waals surface area contributed by atoms with Gasteiger partial charge in [-0.3, -0.25) is 18.6 Å². The lowest BCUT2D eigenvalue weighted by Crippen LogP contribution is -2.43. The molecular weight excluding hydrogens is 577 g/mol. The number of carbonyl (C=O) groups is 3. The van der Waals surface area contributed by atoms with Gasteiger partial charge >= 0.3 is 19.8 Å². The van der Waals surface area contributed by atoms with E-state index in [0.717, 1.165) is 19.3 Å². The highest BCUT2D eigenvalue weighted by Gasteiger charge is 2.28. The van der Waals surface area contributed by atoms with E-state index >= 15 is 0 Å². The van der Waals surface area contributed by atoms with E-state index in [-0.39, 0.29) is 12.8 Å². The lowest BCUT2D eigenvalue weighted by molar-refractivity contribution is -0.146. The minimum atomic E-state index is -4.71. The number of aliphatic hydroxyl groups excluding tert-OH is 1. The van der Waals surface area contributed by atoms with Gasteiger partial charge in [-0.05, 0) is 32.1 Å². The van der Waals surface area contributed by atoms with Gasteiger partial charge < -0.3 is 25.2 Å². The van der Waals surface area contributed by atoms with Gasteiger partial charge in [0.05, 0.1) is 13.2 Å². The molecule has 0 aliphatic carbocycles. The molecule has 0 bridgehead atoms. The monoisotopic (exact) mass is 635 g/mol. The maximum Gasteiger partial charge on any atom is 0.472 e. The number of hydrogen-bond donors (Lipinski definition) is 4. The fourth-order valence-electron chi connectivity index (χ4n) is 4.23. The molecule has 0 saturated heterocycles. The normalized spacial score (nSPS) is 14.3. The quantitative estimate of drug-likeness (QED) is 0.0292. The van der Waals surface area contributed by atoms with Crippen LogP contribution in [0.2, 0.25) is 0 Å². The fourth-order valence-corrected chi connectivity index (χ4v) is 5.00. The van der Waals surface area contributed by atoms with E-state index in [4.69, 9.17) is 0 Å². The van der Waals surface area contributed by atoms with Gasteiger partial charge in [0.15, 0.2) is 6.04 Å². The number of nitrogens with one attached hydrogen (secondary N) is 1. The highest BCUT2D eigenvalue weighted by Crippen LogP contribution is 2.43. The molecule has 1 amide bonds. The Kier molecular flexibility index (Phi) is 26.6. The second kappa shape index (κ2) is 27.7. The summed E-state index contributed by atoms with van der Waals surface area (Å²) in [6, 6.07) is -1.54. The van der Waals surface area contributed by atoms with Crippen LogP contribution in [-0.2, 0) is 32.7 Å². The molecule has 0 fully saturated rings. The van der Waals surface area contributed by atoms with Crippen LogP contribution in [0.3, 0.4) is 0 Å².